The summed E-state index contributed by atoms with van der Waals surface area (Å²) in [4.78, 5) is 12.8. The fourth-order valence-corrected chi connectivity index (χ4v) is 2.76. The van der Waals surface area contributed by atoms with E-state index in [2.05, 4.69) is 6.07 Å². The van der Waals surface area contributed by atoms with Gasteiger partial charge in [0.15, 0.2) is 0 Å². The molecule has 0 amide bonds. The summed E-state index contributed by atoms with van der Waals surface area (Å²) in [5.41, 5.74) is 1.65. The van der Waals surface area contributed by atoms with E-state index in [9.17, 15) is 8.68 Å². The Labute approximate surface area is 160 Å². The van der Waals surface area contributed by atoms with Gasteiger partial charge in [0.25, 0.3) is 10.5 Å². The molecule has 0 radical (unpaired) electrons. The van der Waals surface area contributed by atoms with Crippen LogP contribution in [0.3, 0.4) is 0 Å². The van der Waals surface area contributed by atoms with Gasteiger partial charge in [-0.05, 0) is 30.3 Å². The smallest absolute Gasteiger partial charge is 0.608 e. The molecule has 4 aromatic rings. The van der Waals surface area contributed by atoms with Gasteiger partial charge in [0.2, 0.25) is 11.0 Å². The number of fused-ring (bicyclic) bond motifs is 2. The first-order chi connectivity index (χ1) is 13.3. The average Bonchev–Trinajstić information content (AvgIpc) is 2.65. The summed E-state index contributed by atoms with van der Waals surface area (Å²) in [5.74, 6) is 0.530. The van der Waals surface area contributed by atoms with Crippen LogP contribution in [0.2, 0.25) is 0 Å². The largest absolute Gasteiger partial charge is 0.722 e. The predicted octanol–water partition coefficient (Wildman–Crippen LogP) is 3.74. The molecule has 0 aliphatic carbocycles. The van der Waals surface area contributed by atoms with Crippen LogP contribution in [0, 0.1) is 0 Å². The van der Waals surface area contributed by atoms with E-state index in [1.165, 1.54) is 0 Å². The molecule has 0 fully saturated rings. The number of rotatable bonds is 1. The Balaban J connectivity index is 0.000000403. The van der Waals surface area contributed by atoms with Gasteiger partial charge in [0.1, 0.15) is 5.75 Å². The van der Waals surface area contributed by atoms with Crippen molar-refractivity contribution in [3.05, 3.63) is 84.9 Å². The lowest BCUT2D eigenvalue weighted by molar-refractivity contribution is -0.526. The molecule has 28 heavy (non-hydrogen) atoms. The molecule has 1 heterocycles. The van der Waals surface area contributed by atoms with Crippen LogP contribution in [-0.4, -0.2) is 19.1 Å². The lowest BCUT2D eigenvalue weighted by Crippen LogP contribution is -2.46. The molecular weight excluding hydrogens is 385 g/mol. The molecule has 0 aliphatic heterocycles. The quantitative estimate of drug-likeness (QED) is 0.211. The number of pyridine rings is 1. The second kappa shape index (κ2) is 8.12. The maximum absolute atomic E-state index is 12.8. The molecule has 142 valence electrons. The number of nitrogens with zero attached hydrogens (tertiary/aromatic N) is 1. The van der Waals surface area contributed by atoms with Crippen molar-refractivity contribution >= 4 is 38.4 Å². The fraction of sp³-hybridized carbons (Fsp3) is 0. The maximum Gasteiger partial charge on any atom is 0.608 e. The van der Waals surface area contributed by atoms with Gasteiger partial charge in [-0.15, -0.1) is 3.89 Å². The first-order valence-corrected chi connectivity index (χ1v) is 9.39. The standard InChI is InChI=1S/C20H14NO2.FHO3S/c22-20(23-17-10-2-1-3-11-17)21-18-12-6-4-8-15(18)14-16-9-5-7-13-19(16)21;1-5(2,3)4/h1-14H;(H,2,3,4)/q+1;/p-1. The number of hydrogen-bond donors (Lipinski definition) is 0. The van der Waals surface area contributed by atoms with Gasteiger partial charge in [0.05, 0.1) is 0 Å². The van der Waals surface area contributed by atoms with E-state index >= 15 is 0 Å². The molecule has 4 rings (SSSR count). The molecular formula is C20H14FNO5S. The second-order valence-electron chi connectivity index (χ2n) is 5.67. The lowest BCUT2D eigenvalue weighted by Gasteiger charge is -2.04. The topological polar surface area (TPSA) is 87.4 Å². The Morgan fingerprint density at radius 2 is 1.25 bits per heavy atom. The molecule has 0 bridgehead atoms. The van der Waals surface area contributed by atoms with Crippen LogP contribution < -0.4 is 9.30 Å². The summed E-state index contributed by atoms with van der Waals surface area (Å²) in [6, 6.07) is 26.8. The molecule has 0 saturated heterocycles. The summed E-state index contributed by atoms with van der Waals surface area (Å²) >= 11 is 0. The average molecular weight is 399 g/mol. The Morgan fingerprint density at radius 1 is 0.821 bits per heavy atom. The Morgan fingerprint density at radius 3 is 1.75 bits per heavy atom. The van der Waals surface area contributed by atoms with Crippen molar-refractivity contribution in [2.45, 2.75) is 0 Å². The number of carbonyl (C=O) groups excluding carboxylic acids is 1. The minimum absolute atomic E-state index is 0.413. The highest BCUT2D eigenvalue weighted by Crippen LogP contribution is 2.18. The fourth-order valence-electron chi connectivity index (χ4n) is 2.76. The Bertz CT molecular complexity index is 1180. The third-order valence-electron chi connectivity index (χ3n) is 3.80. The molecule has 0 atom stereocenters. The van der Waals surface area contributed by atoms with Crippen molar-refractivity contribution < 1.29 is 31.0 Å². The van der Waals surface area contributed by atoms with Gasteiger partial charge in [-0.2, -0.15) is 4.79 Å². The molecule has 1 aromatic heterocycles. The van der Waals surface area contributed by atoms with Crippen LogP contribution in [0.5, 0.6) is 5.75 Å². The van der Waals surface area contributed by atoms with E-state index in [0.717, 1.165) is 21.8 Å². The van der Waals surface area contributed by atoms with Crippen molar-refractivity contribution in [1.29, 1.82) is 0 Å². The van der Waals surface area contributed by atoms with E-state index in [4.69, 9.17) is 17.7 Å². The molecule has 6 nitrogen and oxygen atoms in total. The predicted molar refractivity (Wildman–Crippen MR) is 100 cm³/mol. The third kappa shape index (κ3) is 4.87. The third-order valence-corrected chi connectivity index (χ3v) is 3.80. The van der Waals surface area contributed by atoms with Crippen LogP contribution in [0.15, 0.2) is 84.9 Å². The van der Waals surface area contributed by atoms with Crippen LogP contribution in [0.4, 0.5) is 8.68 Å². The van der Waals surface area contributed by atoms with E-state index < -0.39 is 16.6 Å². The Hall–Kier alpha value is -3.36. The van der Waals surface area contributed by atoms with Crippen molar-refractivity contribution in [1.82, 2.24) is 0 Å². The molecule has 0 saturated carbocycles. The molecule has 3 aromatic carbocycles. The number of hydrogen-bond acceptors (Lipinski definition) is 5. The monoisotopic (exact) mass is 399 g/mol. The van der Waals surface area contributed by atoms with E-state index in [-0.39, 0.29) is 0 Å². The van der Waals surface area contributed by atoms with Gasteiger partial charge < -0.3 is 9.29 Å². The first-order valence-electron chi connectivity index (χ1n) is 8.08. The summed E-state index contributed by atoms with van der Waals surface area (Å²) in [7, 11) is -5.42. The number of carbonyl (C=O) groups is 1. The van der Waals surface area contributed by atoms with Crippen LogP contribution in [0.25, 0.3) is 21.8 Å². The van der Waals surface area contributed by atoms with Crippen molar-refractivity contribution in [2.24, 2.45) is 0 Å². The highest BCUT2D eigenvalue weighted by atomic mass is 32.3. The van der Waals surface area contributed by atoms with E-state index in [1.54, 1.807) is 16.7 Å². The normalized spacial score (nSPS) is 10.9. The maximum atomic E-state index is 12.8. The van der Waals surface area contributed by atoms with Gasteiger partial charge in [-0.3, -0.25) is 0 Å². The van der Waals surface area contributed by atoms with Gasteiger partial charge in [-0.25, -0.2) is 8.42 Å². The van der Waals surface area contributed by atoms with Crippen molar-refractivity contribution in [2.75, 3.05) is 0 Å². The van der Waals surface area contributed by atoms with E-state index in [1.807, 2.05) is 66.7 Å². The minimum Gasteiger partial charge on any atom is -0.722 e. The first kappa shape index (κ1) is 19.4. The Kier molecular flexibility index (Phi) is 5.62. The number of halogens is 1. The zero-order chi connectivity index (χ0) is 20.1. The minimum atomic E-state index is -5.42. The molecule has 0 N–H and O–H groups in total. The van der Waals surface area contributed by atoms with E-state index in [0.29, 0.717) is 5.75 Å². The summed E-state index contributed by atoms with van der Waals surface area (Å²) in [6.07, 6.45) is -0.413. The SMILES string of the molecule is O=C(Oc1ccccc1)[n+]1c2ccccc2cc2ccccc21.O=S(=O)([O-])F. The van der Waals surface area contributed by atoms with Gasteiger partial charge in [-0.1, -0.05) is 47.0 Å². The summed E-state index contributed by atoms with van der Waals surface area (Å²) < 4.78 is 42.5. The summed E-state index contributed by atoms with van der Waals surface area (Å²) in [6.45, 7) is 0. The van der Waals surface area contributed by atoms with Gasteiger partial charge in [0, 0.05) is 22.9 Å². The highest BCUT2D eigenvalue weighted by Gasteiger charge is 2.25. The highest BCUT2D eigenvalue weighted by molar-refractivity contribution is 7.80. The van der Waals surface area contributed by atoms with Gasteiger partial charge >= 0.3 is 6.09 Å². The van der Waals surface area contributed by atoms with Crippen LogP contribution in [0.1, 0.15) is 0 Å². The zero-order valence-corrected chi connectivity index (χ0v) is 15.2. The lowest BCUT2D eigenvalue weighted by atomic mass is 10.1. The molecule has 0 unspecified atom stereocenters. The zero-order valence-electron chi connectivity index (χ0n) is 14.4. The van der Waals surface area contributed by atoms with Crippen molar-refractivity contribution in [3.8, 4) is 5.75 Å². The molecule has 0 spiro atoms. The molecule has 8 heteroatoms. The number of benzene rings is 3. The van der Waals surface area contributed by atoms with Crippen LogP contribution in [-0.2, 0) is 10.5 Å². The summed E-state index contributed by atoms with van der Waals surface area (Å²) in [5, 5.41) is 1.99. The molecule has 0 aliphatic rings. The number of para-hydroxylation sites is 3. The number of ether oxygens (including phenoxy) is 1. The van der Waals surface area contributed by atoms with Crippen LogP contribution >= 0.6 is 0 Å². The second-order valence-corrected chi connectivity index (χ2v) is 6.46. The van der Waals surface area contributed by atoms with Crippen molar-refractivity contribution in [3.63, 3.8) is 0 Å². The number of aromatic nitrogens is 1.